The predicted octanol–water partition coefficient (Wildman–Crippen LogP) is 2.34. The van der Waals surface area contributed by atoms with Crippen molar-refractivity contribution in [2.45, 2.75) is 25.2 Å². The number of carbonyl (C=O) groups is 2. The van der Waals surface area contributed by atoms with Gasteiger partial charge in [0.25, 0.3) is 0 Å². The monoisotopic (exact) mass is 461 g/mol. The third kappa shape index (κ3) is 5.43. The van der Waals surface area contributed by atoms with Crippen LogP contribution < -0.4 is 4.90 Å². The summed E-state index contributed by atoms with van der Waals surface area (Å²) >= 11 is 0. The highest BCUT2D eigenvalue weighted by Crippen LogP contribution is 2.21. The number of rotatable bonds is 7. The van der Waals surface area contributed by atoms with Gasteiger partial charge in [0.05, 0.1) is 29.2 Å². The predicted molar refractivity (Wildman–Crippen MR) is 118 cm³/mol. The molecule has 0 spiro atoms. The minimum Gasteiger partial charge on any atom is -0.462 e. The Balaban J connectivity index is 1.67. The van der Waals surface area contributed by atoms with E-state index in [2.05, 4.69) is 4.98 Å². The van der Waals surface area contributed by atoms with Crippen molar-refractivity contribution < 1.29 is 27.5 Å². The molecule has 0 unspecified atom stereocenters. The summed E-state index contributed by atoms with van der Waals surface area (Å²) in [6.07, 6.45) is 2.10. The summed E-state index contributed by atoms with van der Waals surface area (Å²) in [7, 11) is -3.70. The van der Waals surface area contributed by atoms with Crippen molar-refractivity contribution in [2.24, 2.45) is 0 Å². The van der Waals surface area contributed by atoms with Gasteiger partial charge in [-0.05, 0) is 56.7 Å². The quantitative estimate of drug-likeness (QED) is 0.579. The van der Waals surface area contributed by atoms with Gasteiger partial charge in [0.1, 0.15) is 5.82 Å². The number of hydrogen-bond acceptors (Lipinski definition) is 8. The van der Waals surface area contributed by atoms with Gasteiger partial charge in [0.2, 0.25) is 10.0 Å². The molecule has 2 heterocycles. The number of nitrogens with zero attached hydrogens (tertiary/aromatic N) is 3. The number of anilines is 1. The summed E-state index contributed by atoms with van der Waals surface area (Å²) in [5.74, 6) is -0.229. The molecule has 0 bridgehead atoms. The lowest BCUT2D eigenvalue weighted by atomic mass is 10.2. The van der Waals surface area contributed by atoms with Crippen LogP contribution >= 0.6 is 0 Å². The molecule has 9 nitrogen and oxygen atoms in total. The molecule has 1 aliphatic heterocycles. The average molecular weight is 462 g/mol. The van der Waals surface area contributed by atoms with Crippen LogP contribution in [0.25, 0.3) is 0 Å². The van der Waals surface area contributed by atoms with E-state index in [1.807, 2.05) is 4.90 Å². The van der Waals surface area contributed by atoms with Crippen molar-refractivity contribution in [3.63, 3.8) is 0 Å². The van der Waals surface area contributed by atoms with Crippen molar-refractivity contribution in [3.05, 3.63) is 53.7 Å². The first-order valence-electron chi connectivity index (χ1n) is 10.5. The molecule has 10 heteroatoms. The van der Waals surface area contributed by atoms with Crippen molar-refractivity contribution in [1.29, 1.82) is 0 Å². The number of benzene rings is 1. The normalized spacial score (nSPS) is 15.1. The number of esters is 2. The number of carbonyl (C=O) groups excluding carboxylic acids is 2. The summed E-state index contributed by atoms with van der Waals surface area (Å²) in [5, 5.41) is 0. The van der Waals surface area contributed by atoms with Crippen molar-refractivity contribution in [3.8, 4) is 0 Å². The van der Waals surface area contributed by atoms with E-state index in [9.17, 15) is 18.0 Å². The molecule has 1 aromatic heterocycles. The Morgan fingerprint density at radius 2 is 1.50 bits per heavy atom. The molecule has 0 amide bonds. The van der Waals surface area contributed by atoms with Crippen molar-refractivity contribution >= 4 is 27.8 Å². The van der Waals surface area contributed by atoms with Crippen LogP contribution in [0.1, 0.15) is 41.0 Å². The molecular formula is C22H27N3O6S. The summed E-state index contributed by atoms with van der Waals surface area (Å²) in [5.41, 5.74) is 0.686. The molecule has 1 saturated heterocycles. The van der Waals surface area contributed by atoms with Gasteiger partial charge in [-0.2, -0.15) is 4.31 Å². The lowest BCUT2D eigenvalue weighted by Gasteiger charge is -2.22. The standard InChI is InChI=1S/C22H27N3O6S/c1-3-30-21(26)17-6-9-19(10-7-17)32(28,29)25-13-5-12-24(14-15-25)20-11-8-18(16-23-20)22(27)31-4-2/h6-11,16H,3-5,12-15H2,1-2H3. The SMILES string of the molecule is CCOC(=O)c1ccc(S(=O)(=O)N2CCCN(c3ccc(C(=O)OCC)cn3)CC2)cc1. The zero-order chi connectivity index (χ0) is 23.1. The van der Waals surface area contributed by atoms with Crippen LogP contribution in [0.3, 0.4) is 0 Å². The molecule has 172 valence electrons. The van der Waals surface area contributed by atoms with Crippen LogP contribution in [0, 0.1) is 0 Å². The molecule has 32 heavy (non-hydrogen) atoms. The van der Waals surface area contributed by atoms with Crippen LogP contribution in [-0.4, -0.2) is 69.0 Å². The Morgan fingerprint density at radius 3 is 2.09 bits per heavy atom. The second-order valence-corrected chi connectivity index (χ2v) is 9.05. The first kappa shape index (κ1) is 23.7. The number of hydrogen-bond donors (Lipinski definition) is 0. The lowest BCUT2D eigenvalue weighted by Crippen LogP contribution is -2.35. The number of ether oxygens (including phenoxy) is 2. The van der Waals surface area contributed by atoms with E-state index in [-0.39, 0.29) is 11.5 Å². The van der Waals surface area contributed by atoms with Crippen molar-refractivity contribution in [2.75, 3.05) is 44.3 Å². The molecule has 0 atom stereocenters. The Kier molecular flexibility index (Phi) is 7.81. The summed E-state index contributed by atoms with van der Waals surface area (Å²) in [4.78, 5) is 30.1. The highest BCUT2D eigenvalue weighted by atomic mass is 32.2. The van der Waals surface area contributed by atoms with Gasteiger partial charge in [-0.3, -0.25) is 0 Å². The molecular weight excluding hydrogens is 434 g/mol. The van der Waals surface area contributed by atoms with E-state index < -0.39 is 22.0 Å². The van der Waals surface area contributed by atoms with Gasteiger partial charge in [0, 0.05) is 32.4 Å². The van der Waals surface area contributed by atoms with E-state index >= 15 is 0 Å². The summed E-state index contributed by atoms with van der Waals surface area (Å²) in [6.45, 7) is 5.77. The topological polar surface area (TPSA) is 106 Å². The maximum Gasteiger partial charge on any atom is 0.339 e. The summed E-state index contributed by atoms with van der Waals surface area (Å²) < 4.78 is 37.5. The second-order valence-electron chi connectivity index (χ2n) is 7.12. The number of pyridine rings is 1. The Bertz CT molecular complexity index is 1040. The van der Waals surface area contributed by atoms with Gasteiger partial charge in [0.15, 0.2) is 0 Å². The number of aromatic nitrogens is 1. The molecule has 0 N–H and O–H groups in total. The molecule has 1 fully saturated rings. The van der Waals surface area contributed by atoms with E-state index in [0.29, 0.717) is 56.2 Å². The molecule has 1 aliphatic rings. The molecule has 0 radical (unpaired) electrons. The Hall–Kier alpha value is -2.98. The number of sulfonamides is 1. The average Bonchev–Trinajstić information content (AvgIpc) is 3.06. The molecule has 2 aromatic rings. The van der Waals surface area contributed by atoms with Crippen LogP contribution in [0.5, 0.6) is 0 Å². The van der Waals surface area contributed by atoms with Crippen LogP contribution in [-0.2, 0) is 19.5 Å². The highest BCUT2D eigenvalue weighted by Gasteiger charge is 2.27. The minimum absolute atomic E-state index is 0.135. The first-order chi connectivity index (χ1) is 15.4. The smallest absolute Gasteiger partial charge is 0.339 e. The highest BCUT2D eigenvalue weighted by molar-refractivity contribution is 7.89. The fourth-order valence-electron chi connectivity index (χ4n) is 3.40. The fraction of sp³-hybridized carbons (Fsp3) is 0.409. The minimum atomic E-state index is -3.70. The fourth-order valence-corrected chi connectivity index (χ4v) is 4.87. The van der Waals surface area contributed by atoms with E-state index in [0.717, 1.165) is 0 Å². The van der Waals surface area contributed by atoms with Gasteiger partial charge >= 0.3 is 11.9 Å². The maximum atomic E-state index is 13.1. The molecule has 0 aliphatic carbocycles. The Labute approximate surface area is 188 Å². The van der Waals surface area contributed by atoms with E-state index in [1.54, 1.807) is 26.0 Å². The summed E-state index contributed by atoms with van der Waals surface area (Å²) in [6, 6.07) is 9.18. The molecule has 3 rings (SSSR count). The molecule has 1 aromatic carbocycles. The molecule has 0 saturated carbocycles. The Morgan fingerprint density at radius 1 is 0.875 bits per heavy atom. The zero-order valence-corrected chi connectivity index (χ0v) is 19.0. The third-order valence-electron chi connectivity index (χ3n) is 5.04. The van der Waals surface area contributed by atoms with Crippen LogP contribution in [0.2, 0.25) is 0 Å². The maximum absolute atomic E-state index is 13.1. The van der Waals surface area contributed by atoms with Gasteiger partial charge < -0.3 is 14.4 Å². The van der Waals surface area contributed by atoms with Gasteiger partial charge in [-0.1, -0.05) is 0 Å². The first-order valence-corrected chi connectivity index (χ1v) is 12.0. The van der Waals surface area contributed by atoms with Gasteiger partial charge in [-0.15, -0.1) is 0 Å². The van der Waals surface area contributed by atoms with E-state index in [4.69, 9.17) is 9.47 Å². The zero-order valence-electron chi connectivity index (χ0n) is 18.2. The lowest BCUT2D eigenvalue weighted by molar-refractivity contribution is 0.0516. The van der Waals surface area contributed by atoms with Crippen LogP contribution in [0.15, 0.2) is 47.5 Å². The largest absolute Gasteiger partial charge is 0.462 e. The van der Waals surface area contributed by atoms with Gasteiger partial charge in [-0.25, -0.2) is 23.0 Å². The van der Waals surface area contributed by atoms with Crippen LogP contribution in [0.4, 0.5) is 5.82 Å². The van der Waals surface area contributed by atoms with Crippen molar-refractivity contribution in [1.82, 2.24) is 9.29 Å². The van der Waals surface area contributed by atoms with E-state index in [1.165, 1.54) is 34.8 Å². The third-order valence-corrected chi connectivity index (χ3v) is 6.95. The second kappa shape index (κ2) is 10.6.